The standard InChI is InChI=1S/C12H11BrCl2N2/c1-7-12(13)8(2)17(16-7)6-9-10(14)4-3-5-11(9)15/h3-5H,6H2,1-2H3. The summed E-state index contributed by atoms with van der Waals surface area (Å²) in [6, 6.07) is 5.51. The van der Waals surface area contributed by atoms with Gasteiger partial charge in [0.25, 0.3) is 0 Å². The van der Waals surface area contributed by atoms with E-state index in [0.717, 1.165) is 21.4 Å². The van der Waals surface area contributed by atoms with E-state index in [1.807, 2.05) is 36.7 Å². The van der Waals surface area contributed by atoms with Gasteiger partial charge in [0.05, 0.1) is 22.4 Å². The Kier molecular flexibility index (Phi) is 3.81. The van der Waals surface area contributed by atoms with Crippen molar-refractivity contribution in [1.29, 1.82) is 0 Å². The highest BCUT2D eigenvalue weighted by Crippen LogP contribution is 2.27. The highest BCUT2D eigenvalue weighted by atomic mass is 79.9. The molecule has 0 aliphatic heterocycles. The van der Waals surface area contributed by atoms with Crippen molar-refractivity contribution in [3.05, 3.63) is 49.7 Å². The van der Waals surface area contributed by atoms with E-state index >= 15 is 0 Å². The molecule has 17 heavy (non-hydrogen) atoms. The van der Waals surface area contributed by atoms with Gasteiger partial charge in [-0.25, -0.2) is 0 Å². The highest BCUT2D eigenvalue weighted by Gasteiger charge is 2.12. The fraction of sp³-hybridized carbons (Fsp3) is 0.250. The van der Waals surface area contributed by atoms with E-state index in [4.69, 9.17) is 23.2 Å². The fourth-order valence-corrected chi connectivity index (χ4v) is 2.46. The lowest BCUT2D eigenvalue weighted by molar-refractivity contribution is 0.659. The van der Waals surface area contributed by atoms with E-state index in [9.17, 15) is 0 Å². The van der Waals surface area contributed by atoms with Gasteiger partial charge in [-0.15, -0.1) is 0 Å². The van der Waals surface area contributed by atoms with Gasteiger partial charge in [0, 0.05) is 15.6 Å². The third-order valence-corrected chi connectivity index (χ3v) is 4.52. The summed E-state index contributed by atoms with van der Waals surface area (Å²) in [5.74, 6) is 0. The quantitative estimate of drug-likeness (QED) is 0.784. The summed E-state index contributed by atoms with van der Waals surface area (Å²) in [5.41, 5.74) is 2.93. The third-order valence-electron chi connectivity index (χ3n) is 2.66. The van der Waals surface area contributed by atoms with Gasteiger partial charge in [-0.05, 0) is 41.9 Å². The van der Waals surface area contributed by atoms with Crippen LogP contribution < -0.4 is 0 Å². The van der Waals surface area contributed by atoms with Crippen LogP contribution in [-0.2, 0) is 6.54 Å². The summed E-state index contributed by atoms with van der Waals surface area (Å²) >= 11 is 15.8. The predicted molar refractivity (Wildman–Crippen MR) is 75.0 cm³/mol. The van der Waals surface area contributed by atoms with Crippen LogP contribution in [0.2, 0.25) is 10.0 Å². The lowest BCUT2D eigenvalue weighted by Gasteiger charge is -2.08. The monoisotopic (exact) mass is 332 g/mol. The zero-order chi connectivity index (χ0) is 12.6. The lowest BCUT2D eigenvalue weighted by Crippen LogP contribution is -2.05. The van der Waals surface area contributed by atoms with Crippen LogP contribution in [-0.4, -0.2) is 9.78 Å². The normalized spacial score (nSPS) is 10.9. The molecular formula is C12H11BrCl2N2. The molecule has 0 unspecified atom stereocenters. The molecule has 0 N–H and O–H groups in total. The highest BCUT2D eigenvalue weighted by molar-refractivity contribution is 9.10. The number of benzene rings is 1. The zero-order valence-corrected chi connectivity index (χ0v) is 12.6. The van der Waals surface area contributed by atoms with Gasteiger partial charge in [-0.3, -0.25) is 4.68 Å². The fourth-order valence-electron chi connectivity index (χ4n) is 1.66. The van der Waals surface area contributed by atoms with Gasteiger partial charge >= 0.3 is 0 Å². The van der Waals surface area contributed by atoms with Crippen LogP contribution in [0.15, 0.2) is 22.7 Å². The Morgan fingerprint density at radius 1 is 1.24 bits per heavy atom. The first-order valence-corrected chi connectivity index (χ1v) is 6.68. The molecule has 1 heterocycles. The van der Waals surface area contributed by atoms with E-state index in [0.29, 0.717) is 16.6 Å². The van der Waals surface area contributed by atoms with Gasteiger partial charge in [-0.1, -0.05) is 29.3 Å². The molecule has 2 rings (SSSR count). The molecule has 0 fully saturated rings. The average molecular weight is 334 g/mol. The van der Waals surface area contributed by atoms with E-state index in [2.05, 4.69) is 21.0 Å². The van der Waals surface area contributed by atoms with Crippen LogP contribution in [0.1, 0.15) is 17.0 Å². The first-order chi connectivity index (χ1) is 8.00. The molecule has 0 atom stereocenters. The molecule has 0 saturated carbocycles. The van der Waals surface area contributed by atoms with E-state index in [-0.39, 0.29) is 0 Å². The van der Waals surface area contributed by atoms with Crippen LogP contribution in [0, 0.1) is 13.8 Å². The Balaban J connectivity index is 2.41. The van der Waals surface area contributed by atoms with Crippen LogP contribution >= 0.6 is 39.1 Å². The first kappa shape index (κ1) is 12.9. The van der Waals surface area contributed by atoms with Crippen molar-refractivity contribution in [3.8, 4) is 0 Å². The second-order valence-corrected chi connectivity index (χ2v) is 5.45. The summed E-state index contributed by atoms with van der Waals surface area (Å²) in [7, 11) is 0. The molecule has 1 aromatic heterocycles. The summed E-state index contributed by atoms with van der Waals surface area (Å²) in [6.07, 6.45) is 0. The summed E-state index contributed by atoms with van der Waals surface area (Å²) in [6.45, 7) is 4.55. The molecule has 5 heteroatoms. The number of hydrogen-bond donors (Lipinski definition) is 0. The minimum absolute atomic E-state index is 0.580. The molecule has 1 aromatic carbocycles. The average Bonchev–Trinajstić information content (AvgIpc) is 2.52. The van der Waals surface area contributed by atoms with Crippen molar-refractivity contribution in [2.45, 2.75) is 20.4 Å². The van der Waals surface area contributed by atoms with E-state index in [1.165, 1.54) is 0 Å². The Bertz CT molecular complexity index is 544. The Morgan fingerprint density at radius 3 is 2.29 bits per heavy atom. The smallest absolute Gasteiger partial charge is 0.0738 e. The summed E-state index contributed by atoms with van der Waals surface area (Å²) in [4.78, 5) is 0. The number of rotatable bonds is 2. The van der Waals surface area contributed by atoms with Crippen molar-refractivity contribution in [2.24, 2.45) is 0 Å². The number of aromatic nitrogens is 2. The molecule has 2 aromatic rings. The van der Waals surface area contributed by atoms with Crippen molar-refractivity contribution >= 4 is 39.1 Å². The summed E-state index contributed by atoms with van der Waals surface area (Å²) < 4.78 is 2.92. The van der Waals surface area contributed by atoms with Gasteiger partial charge in [0.2, 0.25) is 0 Å². The number of halogens is 3. The molecule has 0 amide bonds. The Hall–Kier alpha value is -0.510. The second-order valence-electron chi connectivity index (χ2n) is 3.84. The molecule has 0 saturated heterocycles. The van der Waals surface area contributed by atoms with Crippen LogP contribution in [0.4, 0.5) is 0 Å². The lowest BCUT2D eigenvalue weighted by atomic mass is 10.2. The Morgan fingerprint density at radius 2 is 1.82 bits per heavy atom. The maximum atomic E-state index is 6.14. The van der Waals surface area contributed by atoms with Gasteiger partial charge in [-0.2, -0.15) is 5.10 Å². The molecule has 0 aliphatic rings. The van der Waals surface area contributed by atoms with E-state index in [1.54, 1.807) is 0 Å². The van der Waals surface area contributed by atoms with Crippen molar-refractivity contribution < 1.29 is 0 Å². The maximum Gasteiger partial charge on any atom is 0.0738 e. The number of hydrogen-bond acceptors (Lipinski definition) is 1. The molecule has 0 aliphatic carbocycles. The topological polar surface area (TPSA) is 17.8 Å². The predicted octanol–water partition coefficient (Wildman–Crippen LogP) is 4.62. The Labute approximate surface area is 119 Å². The SMILES string of the molecule is Cc1nn(Cc2c(Cl)cccc2Cl)c(C)c1Br. The van der Waals surface area contributed by atoms with Crippen molar-refractivity contribution in [3.63, 3.8) is 0 Å². The number of nitrogens with zero attached hydrogens (tertiary/aromatic N) is 2. The zero-order valence-electron chi connectivity index (χ0n) is 9.47. The molecular weight excluding hydrogens is 323 g/mol. The molecule has 0 radical (unpaired) electrons. The maximum absolute atomic E-state index is 6.14. The molecule has 90 valence electrons. The van der Waals surface area contributed by atoms with E-state index < -0.39 is 0 Å². The summed E-state index contributed by atoms with van der Waals surface area (Å²) in [5, 5.41) is 5.78. The largest absolute Gasteiger partial charge is 0.264 e. The van der Waals surface area contributed by atoms with Crippen LogP contribution in [0.3, 0.4) is 0 Å². The third kappa shape index (κ3) is 2.51. The van der Waals surface area contributed by atoms with Crippen molar-refractivity contribution in [1.82, 2.24) is 9.78 Å². The minimum Gasteiger partial charge on any atom is -0.264 e. The van der Waals surface area contributed by atoms with Gasteiger partial charge < -0.3 is 0 Å². The van der Waals surface area contributed by atoms with Crippen LogP contribution in [0.5, 0.6) is 0 Å². The van der Waals surface area contributed by atoms with Gasteiger partial charge in [0.15, 0.2) is 0 Å². The molecule has 0 bridgehead atoms. The minimum atomic E-state index is 0.580. The van der Waals surface area contributed by atoms with Crippen molar-refractivity contribution in [2.75, 3.05) is 0 Å². The molecule has 0 spiro atoms. The second kappa shape index (κ2) is 5.01. The van der Waals surface area contributed by atoms with Gasteiger partial charge in [0.1, 0.15) is 0 Å². The number of aryl methyl sites for hydroxylation is 1. The molecule has 2 nitrogen and oxygen atoms in total. The van der Waals surface area contributed by atoms with Crippen LogP contribution in [0.25, 0.3) is 0 Å². The first-order valence-electron chi connectivity index (χ1n) is 5.13.